The molecule has 0 atom stereocenters. The molecule has 2 saturated carbocycles. The molecule has 3 rings (SSSR count). The van der Waals surface area contributed by atoms with E-state index < -0.39 is 0 Å². The van der Waals surface area contributed by atoms with Crippen LogP contribution in [0.4, 0.5) is 0 Å². The first-order valence-electron chi connectivity index (χ1n) is 8.79. The fraction of sp³-hybridized carbons (Fsp3) is 1.00. The van der Waals surface area contributed by atoms with E-state index in [0.29, 0.717) is 0 Å². The Bertz CT molecular complexity index is 267. The van der Waals surface area contributed by atoms with E-state index in [0.717, 1.165) is 17.5 Å². The minimum absolute atomic E-state index is 0.773. The summed E-state index contributed by atoms with van der Waals surface area (Å²) in [6, 6.07) is 1.74. The van der Waals surface area contributed by atoms with E-state index in [1.165, 1.54) is 83.8 Å². The molecule has 1 aliphatic heterocycles. The average Bonchev–Trinajstić information content (AvgIpc) is 2.44. The number of rotatable bonds is 4. The normalized spacial score (nSPS) is 35.2. The Morgan fingerprint density at radius 2 is 1.68 bits per heavy atom. The van der Waals surface area contributed by atoms with Crippen molar-refractivity contribution in [2.75, 3.05) is 19.6 Å². The Hall–Kier alpha value is -0.0800. The van der Waals surface area contributed by atoms with Gasteiger partial charge in [-0.3, -0.25) is 4.90 Å². The van der Waals surface area contributed by atoms with Gasteiger partial charge in [0, 0.05) is 25.2 Å². The fourth-order valence-electron chi connectivity index (χ4n) is 4.69. The van der Waals surface area contributed by atoms with Gasteiger partial charge in [0.25, 0.3) is 0 Å². The highest BCUT2D eigenvalue weighted by molar-refractivity contribution is 4.99. The van der Waals surface area contributed by atoms with Crippen molar-refractivity contribution in [1.82, 2.24) is 10.2 Å². The van der Waals surface area contributed by atoms with Gasteiger partial charge in [0.15, 0.2) is 0 Å². The van der Waals surface area contributed by atoms with Gasteiger partial charge < -0.3 is 5.32 Å². The third-order valence-corrected chi connectivity index (χ3v) is 5.89. The summed E-state index contributed by atoms with van der Waals surface area (Å²) in [7, 11) is 0. The number of nitrogens with one attached hydrogen (secondary N) is 1. The highest BCUT2D eigenvalue weighted by atomic mass is 15.2. The van der Waals surface area contributed by atoms with Gasteiger partial charge in [0.2, 0.25) is 0 Å². The zero-order valence-corrected chi connectivity index (χ0v) is 12.8. The molecule has 1 saturated heterocycles. The molecule has 0 radical (unpaired) electrons. The first-order chi connectivity index (χ1) is 9.31. The lowest BCUT2D eigenvalue weighted by Crippen LogP contribution is -2.61. The van der Waals surface area contributed by atoms with Crippen LogP contribution in [0.5, 0.6) is 0 Å². The second kappa shape index (κ2) is 6.13. The lowest BCUT2D eigenvalue weighted by molar-refractivity contribution is -0.0641. The van der Waals surface area contributed by atoms with Crippen molar-refractivity contribution in [2.45, 2.75) is 83.2 Å². The summed E-state index contributed by atoms with van der Waals surface area (Å²) < 4.78 is 0. The van der Waals surface area contributed by atoms with E-state index in [4.69, 9.17) is 0 Å². The maximum absolute atomic E-state index is 3.71. The maximum atomic E-state index is 3.71. The Balaban J connectivity index is 1.39. The van der Waals surface area contributed by atoms with E-state index in [2.05, 4.69) is 17.1 Å². The largest absolute Gasteiger partial charge is 0.314 e. The van der Waals surface area contributed by atoms with Crippen LogP contribution < -0.4 is 5.32 Å². The molecule has 110 valence electrons. The number of nitrogens with zero attached hydrogens (tertiary/aromatic N) is 1. The van der Waals surface area contributed by atoms with Crippen molar-refractivity contribution in [2.24, 2.45) is 5.41 Å². The van der Waals surface area contributed by atoms with Crippen LogP contribution in [0.3, 0.4) is 0 Å². The van der Waals surface area contributed by atoms with Crippen LogP contribution in [0.15, 0.2) is 0 Å². The van der Waals surface area contributed by atoms with Gasteiger partial charge in [-0.15, -0.1) is 0 Å². The van der Waals surface area contributed by atoms with E-state index in [9.17, 15) is 0 Å². The highest BCUT2D eigenvalue weighted by Gasteiger charge is 2.45. The van der Waals surface area contributed by atoms with Crippen LogP contribution in [-0.4, -0.2) is 36.6 Å². The van der Waals surface area contributed by atoms with E-state index in [1.54, 1.807) is 0 Å². The average molecular weight is 264 g/mol. The molecule has 0 unspecified atom stereocenters. The highest BCUT2D eigenvalue weighted by Crippen LogP contribution is 2.45. The molecular weight excluding hydrogens is 232 g/mol. The molecule has 1 N–H and O–H groups in total. The summed E-state index contributed by atoms with van der Waals surface area (Å²) in [6.07, 6.45) is 14.5. The summed E-state index contributed by atoms with van der Waals surface area (Å²) in [5, 5.41) is 3.71. The van der Waals surface area contributed by atoms with Gasteiger partial charge in [0.05, 0.1) is 0 Å². The number of likely N-dealkylation sites (tertiary alicyclic amines) is 1. The standard InChI is InChI=1S/C17H32N2/c1-2-12-18-15-6-8-16(9-7-15)19-13-17(14-19)10-4-3-5-11-17/h15-16,18H,2-14H2,1H3. The minimum Gasteiger partial charge on any atom is -0.314 e. The third-order valence-electron chi connectivity index (χ3n) is 5.89. The Kier molecular flexibility index (Phi) is 4.48. The van der Waals surface area contributed by atoms with Crippen molar-refractivity contribution in [3.8, 4) is 0 Å². The zero-order valence-electron chi connectivity index (χ0n) is 12.8. The van der Waals surface area contributed by atoms with Crippen LogP contribution in [0, 0.1) is 5.41 Å². The summed E-state index contributed by atoms with van der Waals surface area (Å²) in [5.41, 5.74) is 0.773. The van der Waals surface area contributed by atoms with Gasteiger partial charge in [0.1, 0.15) is 0 Å². The molecule has 0 amide bonds. The Morgan fingerprint density at radius 1 is 1.00 bits per heavy atom. The van der Waals surface area contributed by atoms with Gasteiger partial charge >= 0.3 is 0 Å². The molecule has 1 spiro atoms. The van der Waals surface area contributed by atoms with Crippen molar-refractivity contribution in [1.29, 1.82) is 0 Å². The molecule has 0 bridgehead atoms. The molecule has 2 heteroatoms. The smallest absolute Gasteiger partial charge is 0.00968 e. The van der Waals surface area contributed by atoms with E-state index >= 15 is 0 Å². The second-order valence-corrected chi connectivity index (χ2v) is 7.43. The molecule has 3 fully saturated rings. The molecule has 0 aromatic heterocycles. The Morgan fingerprint density at radius 3 is 2.32 bits per heavy atom. The lowest BCUT2D eigenvalue weighted by atomic mass is 9.67. The SMILES string of the molecule is CCCNC1CCC(N2CC3(CCCCC3)C2)CC1. The summed E-state index contributed by atoms with van der Waals surface area (Å²) in [4.78, 5) is 2.82. The molecule has 19 heavy (non-hydrogen) atoms. The van der Waals surface area contributed by atoms with Crippen LogP contribution in [-0.2, 0) is 0 Å². The second-order valence-electron chi connectivity index (χ2n) is 7.43. The van der Waals surface area contributed by atoms with Gasteiger partial charge in [-0.1, -0.05) is 26.2 Å². The molecule has 1 heterocycles. The van der Waals surface area contributed by atoms with Crippen LogP contribution in [0.25, 0.3) is 0 Å². The molecule has 3 aliphatic rings. The van der Waals surface area contributed by atoms with Crippen molar-refractivity contribution < 1.29 is 0 Å². The zero-order chi connectivity index (χ0) is 13.1. The molecule has 0 aromatic rings. The topological polar surface area (TPSA) is 15.3 Å². The fourth-order valence-corrected chi connectivity index (χ4v) is 4.69. The van der Waals surface area contributed by atoms with E-state index in [1.807, 2.05) is 0 Å². The predicted molar refractivity (Wildman–Crippen MR) is 81.4 cm³/mol. The minimum atomic E-state index is 0.773. The third kappa shape index (κ3) is 3.16. The van der Waals surface area contributed by atoms with Crippen LogP contribution in [0.2, 0.25) is 0 Å². The summed E-state index contributed by atoms with van der Waals surface area (Å²) in [5.74, 6) is 0. The first-order valence-corrected chi connectivity index (χ1v) is 8.79. The summed E-state index contributed by atoms with van der Waals surface area (Å²) in [6.45, 7) is 6.35. The van der Waals surface area contributed by atoms with Crippen molar-refractivity contribution >= 4 is 0 Å². The van der Waals surface area contributed by atoms with Crippen LogP contribution in [0.1, 0.15) is 71.1 Å². The number of hydrogen-bond donors (Lipinski definition) is 1. The maximum Gasteiger partial charge on any atom is 0.00968 e. The predicted octanol–water partition coefficient (Wildman–Crippen LogP) is 3.56. The molecular formula is C17H32N2. The quantitative estimate of drug-likeness (QED) is 0.835. The lowest BCUT2D eigenvalue weighted by Gasteiger charge is -2.56. The molecule has 2 aliphatic carbocycles. The molecule has 2 nitrogen and oxygen atoms in total. The Labute approximate surface area is 119 Å². The van der Waals surface area contributed by atoms with Gasteiger partial charge in [-0.2, -0.15) is 0 Å². The van der Waals surface area contributed by atoms with Crippen LogP contribution >= 0.6 is 0 Å². The van der Waals surface area contributed by atoms with E-state index in [-0.39, 0.29) is 0 Å². The molecule has 0 aromatic carbocycles. The number of hydrogen-bond acceptors (Lipinski definition) is 2. The van der Waals surface area contributed by atoms with Crippen molar-refractivity contribution in [3.63, 3.8) is 0 Å². The summed E-state index contributed by atoms with van der Waals surface area (Å²) >= 11 is 0. The van der Waals surface area contributed by atoms with Gasteiger partial charge in [-0.25, -0.2) is 0 Å². The monoisotopic (exact) mass is 264 g/mol. The first kappa shape index (κ1) is 13.9. The van der Waals surface area contributed by atoms with Crippen molar-refractivity contribution in [3.05, 3.63) is 0 Å². The van der Waals surface area contributed by atoms with Gasteiger partial charge in [-0.05, 0) is 56.9 Å².